The first-order valence-electron chi connectivity index (χ1n) is 9.40. The Balaban J connectivity index is 1.42. The van der Waals surface area contributed by atoms with Crippen LogP contribution in [0.3, 0.4) is 0 Å². The maximum absolute atomic E-state index is 10.2. The highest BCUT2D eigenvalue weighted by molar-refractivity contribution is 5.76. The van der Waals surface area contributed by atoms with Crippen LogP contribution < -0.4 is 4.90 Å². The van der Waals surface area contributed by atoms with Crippen LogP contribution in [0.15, 0.2) is 54.6 Å². The lowest BCUT2D eigenvalue weighted by Crippen LogP contribution is -2.46. The van der Waals surface area contributed by atoms with E-state index in [1.54, 1.807) is 6.07 Å². The molecule has 0 unspecified atom stereocenters. The van der Waals surface area contributed by atoms with E-state index >= 15 is 0 Å². The highest BCUT2D eigenvalue weighted by Gasteiger charge is 2.33. The van der Waals surface area contributed by atoms with Gasteiger partial charge in [0.15, 0.2) is 0 Å². The zero-order chi connectivity index (χ0) is 19.3. The molecule has 1 N–H and O–H groups in total. The molecule has 140 valence electrons. The molecule has 0 atom stereocenters. The fourth-order valence-corrected chi connectivity index (χ4v) is 3.90. The monoisotopic (exact) mass is 371 g/mol. The average molecular weight is 371 g/mol. The molecule has 1 aliphatic heterocycles. The Labute approximate surface area is 163 Å². The molecule has 0 saturated carbocycles. The van der Waals surface area contributed by atoms with E-state index in [4.69, 9.17) is 4.98 Å². The van der Waals surface area contributed by atoms with Crippen LogP contribution in [0.25, 0.3) is 22.3 Å². The Bertz CT molecular complexity index is 1180. The van der Waals surface area contributed by atoms with Gasteiger partial charge >= 0.3 is 0 Å². The van der Waals surface area contributed by atoms with Crippen molar-refractivity contribution >= 4 is 16.9 Å². The van der Waals surface area contributed by atoms with Crippen LogP contribution >= 0.6 is 0 Å². The zero-order valence-electron chi connectivity index (χ0n) is 15.9. The number of para-hydroxylation sites is 3. The molecule has 2 aromatic heterocycles. The molecular formula is C22H21N5O. The van der Waals surface area contributed by atoms with E-state index in [0.717, 1.165) is 47.0 Å². The number of anilines is 1. The number of imidazole rings is 1. The van der Waals surface area contributed by atoms with Crippen LogP contribution in [-0.4, -0.2) is 37.7 Å². The summed E-state index contributed by atoms with van der Waals surface area (Å²) in [6.45, 7) is 3.62. The first-order valence-corrected chi connectivity index (χ1v) is 9.40. The second kappa shape index (κ2) is 6.34. The van der Waals surface area contributed by atoms with Crippen molar-refractivity contribution in [3.8, 4) is 17.0 Å². The molecule has 0 radical (unpaired) electrons. The molecular weight excluding hydrogens is 350 g/mol. The van der Waals surface area contributed by atoms with Gasteiger partial charge in [0.05, 0.1) is 22.6 Å². The van der Waals surface area contributed by atoms with Crippen molar-refractivity contribution in [1.29, 1.82) is 0 Å². The largest absolute Gasteiger partial charge is 0.507 e. The lowest BCUT2D eigenvalue weighted by atomic mass is 9.99. The smallest absolute Gasteiger partial charge is 0.132 e. The molecule has 0 amide bonds. The van der Waals surface area contributed by atoms with Gasteiger partial charge in [-0.25, -0.2) is 15.0 Å². The summed E-state index contributed by atoms with van der Waals surface area (Å²) in [5.41, 5.74) is 3.67. The SMILES string of the molecule is Cc1nc(-c2ccccc2O)cc(N2CC(c3nc4ccccc4n3C)C2)n1. The Morgan fingerprint density at radius 1 is 0.964 bits per heavy atom. The third kappa shape index (κ3) is 2.69. The highest BCUT2D eigenvalue weighted by Crippen LogP contribution is 2.34. The summed E-state index contributed by atoms with van der Waals surface area (Å²) >= 11 is 0. The third-order valence-electron chi connectivity index (χ3n) is 5.40. The van der Waals surface area contributed by atoms with Gasteiger partial charge in [-0.3, -0.25) is 0 Å². The summed E-state index contributed by atoms with van der Waals surface area (Å²) in [4.78, 5) is 16.2. The van der Waals surface area contributed by atoms with Crippen molar-refractivity contribution in [3.63, 3.8) is 0 Å². The predicted octanol–water partition coefficient (Wildman–Crippen LogP) is 3.65. The third-order valence-corrected chi connectivity index (χ3v) is 5.40. The number of phenolic OH excluding ortho intramolecular Hbond substituents is 1. The normalized spacial score (nSPS) is 14.4. The van der Waals surface area contributed by atoms with E-state index in [9.17, 15) is 5.11 Å². The minimum Gasteiger partial charge on any atom is -0.507 e. The van der Waals surface area contributed by atoms with Crippen LogP contribution in [0.2, 0.25) is 0 Å². The number of aromatic hydroxyl groups is 1. The van der Waals surface area contributed by atoms with Crippen molar-refractivity contribution in [2.45, 2.75) is 12.8 Å². The first kappa shape index (κ1) is 16.7. The number of aromatic nitrogens is 4. The standard InChI is InChI=1S/C22H21N5O/c1-14-23-18(16-7-3-6-10-20(16)28)11-21(24-14)27-12-15(13-27)22-25-17-8-4-5-9-19(17)26(22)2/h3-11,15,28H,12-13H2,1-2H3. The Kier molecular flexibility index (Phi) is 3.79. The molecule has 5 rings (SSSR count). The second-order valence-corrected chi connectivity index (χ2v) is 7.30. The van der Waals surface area contributed by atoms with E-state index < -0.39 is 0 Å². The Morgan fingerprint density at radius 2 is 1.71 bits per heavy atom. The zero-order valence-corrected chi connectivity index (χ0v) is 15.9. The lowest BCUT2D eigenvalue weighted by molar-refractivity contribution is 0.477. The molecule has 6 nitrogen and oxygen atoms in total. The topological polar surface area (TPSA) is 67.1 Å². The van der Waals surface area contributed by atoms with Crippen LogP contribution in [0.4, 0.5) is 5.82 Å². The number of hydrogen-bond acceptors (Lipinski definition) is 5. The maximum Gasteiger partial charge on any atom is 0.132 e. The van der Waals surface area contributed by atoms with Gasteiger partial charge in [-0.15, -0.1) is 0 Å². The molecule has 1 saturated heterocycles. The molecule has 6 heteroatoms. The first-order chi connectivity index (χ1) is 13.6. The Hall–Kier alpha value is -3.41. The van der Waals surface area contributed by atoms with Crippen LogP contribution in [0.1, 0.15) is 17.6 Å². The van der Waals surface area contributed by atoms with E-state index in [0.29, 0.717) is 11.7 Å². The van der Waals surface area contributed by atoms with Crippen molar-refractivity contribution < 1.29 is 5.11 Å². The van der Waals surface area contributed by atoms with E-state index in [1.165, 1.54) is 0 Å². The number of nitrogens with zero attached hydrogens (tertiary/aromatic N) is 5. The number of aryl methyl sites for hydroxylation is 2. The van der Waals surface area contributed by atoms with Crippen molar-refractivity contribution in [2.75, 3.05) is 18.0 Å². The fourth-order valence-electron chi connectivity index (χ4n) is 3.90. The minimum atomic E-state index is 0.229. The summed E-state index contributed by atoms with van der Waals surface area (Å²) < 4.78 is 2.19. The van der Waals surface area contributed by atoms with Gasteiger partial charge < -0.3 is 14.6 Å². The van der Waals surface area contributed by atoms with Gasteiger partial charge in [-0.1, -0.05) is 24.3 Å². The summed E-state index contributed by atoms with van der Waals surface area (Å²) in [5.74, 6) is 3.31. The molecule has 1 fully saturated rings. The number of phenols is 1. The van der Waals surface area contributed by atoms with E-state index in [1.807, 2.05) is 43.3 Å². The summed E-state index contributed by atoms with van der Waals surface area (Å²) in [6.07, 6.45) is 0. The van der Waals surface area contributed by atoms with Gasteiger partial charge in [0.2, 0.25) is 0 Å². The molecule has 0 spiro atoms. The minimum absolute atomic E-state index is 0.229. The van der Waals surface area contributed by atoms with Gasteiger partial charge in [0, 0.05) is 31.8 Å². The molecule has 0 bridgehead atoms. The van der Waals surface area contributed by atoms with Gasteiger partial charge in [-0.2, -0.15) is 0 Å². The van der Waals surface area contributed by atoms with Gasteiger partial charge in [-0.05, 0) is 31.2 Å². The van der Waals surface area contributed by atoms with Crippen LogP contribution in [0, 0.1) is 6.92 Å². The molecule has 2 aromatic carbocycles. The van der Waals surface area contributed by atoms with Crippen molar-refractivity contribution in [2.24, 2.45) is 7.05 Å². The van der Waals surface area contributed by atoms with Gasteiger partial charge in [0.25, 0.3) is 0 Å². The number of fused-ring (bicyclic) bond motifs is 1. The summed E-state index contributed by atoms with van der Waals surface area (Å²) in [6, 6.07) is 17.4. The van der Waals surface area contributed by atoms with E-state index in [-0.39, 0.29) is 5.75 Å². The number of rotatable bonds is 3. The van der Waals surface area contributed by atoms with Crippen molar-refractivity contribution in [1.82, 2.24) is 19.5 Å². The highest BCUT2D eigenvalue weighted by atomic mass is 16.3. The number of benzene rings is 2. The quantitative estimate of drug-likeness (QED) is 0.595. The molecule has 1 aliphatic rings. The average Bonchev–Trinajstić information content (AvgIpc) is 2.97. The molecule has 4 aromatic rings. The van der Waals surface area contributed by atoms with Crippen LogP contribution in [0.5, 0.6) is 5.75 Å². The fraction of sp³-hybridized carbons (Fsp3) is 0.227. The second-order valence-electron chi connectivity index (χ2n) is 7.30. The molecule has 0 aliphatic carbocycles. The molecule has 28 heavy (non-hydrogen) atoms. The van der Waals surface area contributed by atoms with Crippen molar-refractivity contribution in [3.05, 3.63) is 66.2 Å². The Morgan fingerprint density at radius 3 is 2.50 bits per heavy atom. The maximum atomic E-state index is 10.2. The molecule has 3 heterocycles. The van der Waals surface area contributed by atoms with Crippen LogP contribution in [-0.2, 0) is 7.05 Å². The van der Waals surface area contributed by atoms with E-state index in [2.05, 4.69) is 38.6 Å². The lowest BCUT2D eigenvalue weighted by Gasteiger charge is -2.39. The summed E-state index contributed by atoms with van der Waals surface area (Å²) in [5, 5.41) is 10.2. The van der Waals surface area contributed by atoms with Gasteiger partial charge in [0.1, 0.15) is 23.2 Å². The summed E-state index contributed by atoms with van der Waals surface area (Å²) in [7, 11) is 2.08. The predicted molar refractivity (Wildman–Crippen MR) is 110 cm³/mol. The number of hydrogen-bond donors (Lipinski definition) is 1.